The van der Waals surface area contributed by atoms with E-state index in [0.717, 1.165) is 34.9 Å². The first-order chi connectivity index (χ1) is 10.1. The Morgan fingerprint density at radius 2 is 2.14 bits per heavy atom. The monoisotopic (exact) mass is 282 g/mol. The third-order valence-corrected chi connectivity index (χ3v) is 3.40. The summed E-state index contributed by atoms with van der Waals surface area (Å²) in [4.78, 5) is 16.1. The van der Waals surface area contributed by atoms with Crippen molar-refractivity contribution in [1.82, 2.24) is 14.8 Å². The molecular weight excluding hydrogens is 264 g/mol. The Morgan fingerprint density at radius 3 is 2.86 bits per heavy atom. The number of aromatic nitrogens is 3. The lowest BCUT2D eigenvalue weighted by atomic mass is 10.1. The largest absolute Gasteiger partial charge is 0.309 e. The predicted octanol–water partition coefficient (Wildman–Crippen LogP) is 3.26. The topological polar surface area (TPSA) is 59.8 Å². The molecule has 0 fully saturated rings. The minimum absolute atomic E-state index is 0.123. The van der Waals surface area contributed by atoms with Crippen LogP contribution in [0.5, 0.6) is 0 Å². The smallest absolute Gasteiger partial charge is 0.222 e. The van der Waals surface area contributed by atoms with Crippen LogP contribution >= 0.6 is 0 Å². The van der Waals surface area contributed by atoms with Crippen molar-refractivity contribution in [2.24, 2.45) is 0 Å². The molecule has 2 aromatic heterocycles. The summed E-state index contributed by atoms with van der Waals surface area (Å²) < 4.78 is 1.86. The number of fused-ring (bicyclic) bond motifs is 2. The molecule has 0 unspecified atom stereocenters. The summed E-state index contributed by atoms with van der Waals surface area (Å²) in [5, 5.41) is 9.23. The number of amides is 1. The van der Waals surface area contributed by atoms with E-state index in [-0.39, 0.29) is 5.91 Å². The van der Waals surface area contributed by atoms with Gasteiger partial charge in [-0.25, -0.2) is 9.67 Å². The number of rotatable bonds is 3. The Balaban J connectivity index is 2.29. The lowest BCUT2D eigenvalue weighted by Gasteiger charge is -2.02. The van der Waals surface area contributed by atoms with Crippen LogP contribution in [0.4, 0.5) is 5.82 Å². The summed E-state index contributed by atoms with van der Waals surface area (Å²) in [6, 6.07) is 8.22. The quantitative estimate of drug-likeness (QED) is 0.802. The number of nitrogens with one attached hydrogen (secondary N) is 1. The van der Waals surface area contributed by atoms with E-state index in [1.165, 1.54) is 12.5 Å². The van der Waals surface area contributed by atoms with E-state index in [4.69, 9.17) is 4.98 Å². The first-order valence-electron chi connectivity index (χ1n) is 7.14. The van der Waals surface area contributed by atoms with Crippen molar-refractivity contribution < 1.29 is 4.79 Å². The highest BCUT2D eigenvalue weighted by atomic mass is 16.1. The van der Waals surface area contributed by atoms with Gasteiger partial charge >= 0.3 is 0 Å². The van der Waals surface area contributed by atoms with Crippen LogP contribution in [-0.2, 0) is 11.3 Å². The van der Waals surface area contributed by atoms with Crippen LogP contribution in [0.25, 0.3) is 21.9 Å². The molecule has 0 saturated carbocycles. The third-order valence-electron chi connectivity index (χ3n) is 3.40. The average molecular weight is 282 g/mol. The van der Waals surface area contributed by atoms with Crippen molar-refractivity contribution in [3.05, 3.63) is 29.8 Å². The van der Waals surface area contributed by atoms with Crippen molar-refractivity contribution in [3.8, 4) is 0 Å². The van der Waals surface area contributed by atoms with Crippen LogP contribution in [-0.4, -0.2) is 20.7 Å². The van der Waals surface area contributed by atoms with Gasteiger partial charge in [-0.2, -0.15) is 5.10 Å². The number of pyridine rings is 1. The molecule has 0 bridgehead atoms. The van der Waals surface area contributed by atoms with Gasteiger partial charge in [-0.15, -0.1) is 0 Å². The fraction of sp³-hybridized carbons (Fsp3) is 0.312. The number of carbonyl (C=O) groups is 1. The molecule has 0 aliphatic heterocycles. The number of hydrogen-bond acceptors (Lipinski definition) is 3. The maximum absolute atomic E-state index is 11.4. The van der Waals surface area contributed by atoms with Gasteiger partial charge in [0.2, 0.25) is 5.91 Å². The van der Waals surface area contributed by atoms with Crippen molar-refractivity contribution in [3.63, 3.8) is 0 Å². The van der Waals surface area contributed by atoms with E-state index < -0.39 is 0 Å². The summed E-state index contributed by atoms with van der Waals surface area (Å²) in [7, 11) is 0. The van der Waals surface area contributed by atoms with Gasteiger partial charge < -0.3 is 5.32 Å². The van der Waals surface area contributed by atoms with Crippen molar-refractivity contribution in [2.75, 3.05) is 5.32 Å². The van der Waals surface area contributed by atoms with E-state index in [1.54, 1.807) is 0 Å². The van der Waals surface area contributed by atoms with Crippen LogP contribution in [0.1, 0.15) is 25.8 Å². The van der Waals surface area contributed by atoms with E-state index >= 15 is 0 Å². The summed E-state index contributed by atoms with van der Waals surface area (Å²) in [6.45, 7) is 6.42. The first kappa shape index (κ1) is 13.5. The van der Waals surface area contributed by atoms with Gasteiger partial charge in [0.1, 0.15) is 0 Å². The van der Waals surface area contributed by atoms with Crippen molar-refractivity contribution in [2.45, 2.75) is 33.7 Å². The highest BCUT2D eigenvalue weighted by Gasteiger charge is 2.13. The molecule has 0 aliphatic rings. The molecule has 0 aliphatic carbocycles. The van der Waals surface area contributed by atoms with Crippen LogP contribution < -0.4 is 5.32 Å². The molecule has 108 valence electrons. The fourth-order valence-electron chi connectivity index (χ4n) is 2.51. The van der Waals surface area contributed by atoms with Crippen LogP contribution in [0.3, 0.4) is 0 Å². The Kier molecular flexibility index (Phi) is 3.33. The average Bonchev–Trinajstić information content (AvgIpc) is 2.74. The lowest BCUT2D eigenvalue weighted by molar-refractivity contribution is -0.114. The van der Waals surface area contributed by atoms with Crippen LogP contribution in [0.2, 0.25) is 0 Å². The zero-order chi connectivity index (χ0) is 15.0. The highest BCUT2D eigenvalue weighted by Crippen LogP contribution is 2.26. The minimum Gasteiger partial charge on any atom is -0.309 e. The predicted molar refractivity (Wildman–Crippen MR) is 84.4 cm³/mol. The molecule has 3 rings (SSSR count). The van der Waals surface area contributed by atoms with E-state index in [2.05, 4.69) is 42.5 Å². The zero-order valence-corrected chi connectivity index (χ0v) is 12.5. The number of benzene rings is 1. The number of aryl methyl sites for hydroxylation is 2. The fourth-order valence-corrected chi connectivity index (χ4v) is 2.51. The third kappa shape index (κ3) is 2.46. The van der Waals surface area contributed by atoms with Gasteiger partial charge in [-0.1, -0.05) is 18.6 Å². The van der Waals surface area contributed by atoms with E-state index in [0.29, 0.717) is 5.82 Å². The second-order valence-electron chi connectivity index (χ2n) is 5.31. The molecule has 0 atom stereocenters. The lowest BCUT2D eigenvalue weighted by Crippen LogP contribution is -2.07. The number of nitrogens with zero attached hydrogens (tertiary/aromatic N) is 3. The molecule has 1 amide bonds. The summed E-state index contributed by atoms with van der Waals surface area (Å²) in [5.74, 6) is 0.462. The standard InChI is InChI=1S/C16H18N4O/c1-4-7-20-16-13(15(19-20)17-11(3)21)9-12-8-10(2)5-6-14(12)18-16/h5-6,8-9H,4,7H2,1-3H3,(H,17,19,21). The Bertz CT molecular complexity index is 835. The molecule has 0 saturated heterocycles. The summed E-state index contributed by atoms with van der Waals surface area (Å²) >= 11 is 0. The number of hydrogen-bond donors (Lipinski definition) is 1. The molecule has 2 heterocycles. The normalized spacial score (nSPS) is 11.2. The number of anilines is 1. The molecule has 5 heteroatoms. The molecule has 0 radical (unpaired) electrons. The first-order valence-corrected chi connectivity index (χ1v) is 7.14. The highest BCUT2D eigenvalue weighted by molar-refractivity contribution is 6.02. The molecular formula is C16H18N4O. The van der Waals surface area contributed by atoms with Gasteiger partial charge in [-0.3, -0.25) is 4.79 Å². The summed E-state index contributed by atoms with van der Waals surface area (Å²) in [6.07, 6.45) is 0.962. The van der Waals surface area contributed by atoms with Crippen LogP contribution in [0, 0.1) is 6.92 Å². The molecule has 5 nitrogen and oxygen atoms in total. The second-order valence-corrected chi connectivity index (χ2v) is 5.31. The molecule has 1 aromatic carbocycles. The second kappa shape index (κ2) is 5.16. The zero-order valence-electron chi connectivity index (χ0n) is 12.5. The molecule has 21 heavy (non-hydrogen) atoms. The van der Waals surface area contributed by atoms with E-state index in [1.807, 2.05) is 10.7 Å². The molecule has 1 N–H and O–H groups in total. The van der Waals surface area contributed by atoms with Gasteiger partial charge in [0.15, 0.2) is 11.5 Å². The Labute approximate surface area is 123 Å². The van der Waals surface area contributed by atoms with Gasteiger partial charge in [0, 0.05) is 18.9 Å². The summed E-state index contributed by atoms with van der Waals surface area (Å²) in [5.41, 5.74) is 2.95. The van der Waals surface area contributed by atoms with Crippen molar-refractivity contribution >= 4 is 33.7 Å². The van der Waals surface area contributed by atoms with Gasteiger partial charge in [0.05, 0.1) is 10.9 Å². The molecule has 0 spiro atoms. The van der Waals surface area contributed by atoms with E-state index in [9.17, 15) is 4.79 Å². The Morgan fingerprint density at radius 1 is 1.33 bits per heavy atom. The minimum atomic E-state index is -0.123. The Hall–Kier alpha value is -2.43. The number of carbonyl (C=O) groups excluding carboxylic acids is 1. The maximum atomic E-state index is 11.4. The maximum Gasteiger partial charge on any atom is 0.222 e. The SMILES string of the molecule is CCCn1nc(NC(C)=O)c2cc3cc(C)ccc3nc21. The van der Waals surface area contributed by atoms with Gasteiger partial charge in [0.25, 0.3) is 0 Å². The van der Waals surface area contributed by atoms with Crippen molar-refractivity contribution in [1.29, 1.82) is 0 Å². The van der Waals surface area contributed by atoms with Gasteiger partial charge in [-0.05, 0) is 31.5 Å². The van der Waals surface area contributed by atoms with Crippen LogP contribution in [0.15, 0.2) is 24.3 Å². The molecule has 3 aromatic rings.